The van der Waals surface area contributed by atoms with Crippen molar-refractivity contribution >= 4 is 28.4 Å². The second kappa shape index (κ2) is 10.6. The Hall–Kier alpha value is -2.13. The van der Waals surface area contributed by atoms with Gasteiger partial charge in [-0.2, -0.15) is 0 Å². The third-order valence-corrected chi connectivity index (χ3v) is 5.95. The molecule has 0 fully saturated rings. The van der Waals surface area contributed by atoms with E-state index in [4.69, 9.17) is 14.9 Å². The fraction of sp³-hybridized carbons (Fsp3) is 0.600. The number of aliphatic imine (C=N–C) groups is 2. The minimum atomic E-state index is -0.895. The Labute approximate surface area is 175 Å². The average Bonchev–Trinajstić information content (AvgIpc) is 3.10. The van der Waals surface area contributed by atoms with E-state index in [1.807, 2.05) is 13.8 Å². The summed E-state index contributed by atoms with van der Waals surface area (Å²) in [6, 6.07) is 2.51. The second-order valence-corrected chi connectivity index (χ2v) is 8.07. The van der Waals surface area contributed by atoms with Crippen LogP contribution in [0.1, 0.15) is 51.8 Å². The Bertz CT molecular complexity index is 836. The van der Waals surface area contributed by atoms with E-state index in [0.717, 1.165) is 17.2 Å². The quantitative estimate of drug-likeness (QED) is 0.441. The molecule has 29 heavy (non-hydrogen) atoms. The van der Waals surface area contributed by atoms with Crippen LogP contribution in [0.25, 0.3) is 0 Å². The molecule has 8 nitrogen and oxygen atoms in total. The highest BCUT2D eigenvalue weighted by atomic mass is 32.2. The van der Waals surface area contributed by atoms with Gasteiger partial charge in [-0.1, -0.05) is 13.3 Å². The van der Waals surface area contributed by atoms with E-state index in [9.17, 15) is 9.59 Å². The number of rotatable bonds is 10. The zero-order valence-electron chi connectivity index (χ0n) is 17.5. The maximum absolute atomic E-state index is 13.0. The van der Waals surface area contributed by atoms with Gasteiger partial charge in [0.15, 0.2) is 0 Å². The van der Waals surface area contributed by atoms with E-state index in [2.05, 4.69) is 15.3 Å². The molecular weight excluding hydrogens is 392 g/mol. The van der Waals surface area contributed by atoms with E-state index in [1.165, 1.54) is 17.8 Å². The van der Waals surface area contributed by atoms with Gasteiger partial charge in [0.2, 0.25) is 5.91 Å². The van der Waals surface area contributed by atoms with Gasteiger partial charge in [-0.3, -0.25) is 14.8 Å². The first-order valence-corrected chi connectivity index (χ1v) is 10.8. The standard InChI is InChI=1S/C20H30N4O4S/c1-5-7-15(16-10-14(11-17(25)28-16)27-9-6-8-21)23-19(26)20(3)12-29-18(24-20)13(2)22-4/h10-11,15H,5-9,12,21H2,1-4H3,(H,23,26)/t15-,20+/m1/s1. The maximum atomic E-state index is 13.0. The lowest BCUT2D eigenvalue weighted by atomic mass is 10.0. The third kappa shape index (κ3) is 6.17. The normalized spacial score (nSPS) is 20.3. The summed E-state index contributed by atoms with van der Waals surface area (Å²) in [5.74, 6) is 1.11. The molecule has 0 aromatic carbocycles. The van der Waals surface area contributed by atoms with Crippen molar-refractivity contribution in [2.45, 2.75) is 51.6 Å². The molecule has 1 amide bonds. The molecule has 9 heteroatoms. The molecule has 2 rings (SSSR count). The van der Waals surface area contributed by atoms with Gasteiger partial charge in [0.05, 0.1) is 24.4 Å². The SMILES string of the molecule is CCC[C@@H](NC(=O)[C@]1(C)CSC(C(C)=NC)=N1)c1cc(OCCCN)cc(=O)o1. The molecule has 1 aromatic rings. The van der Waals surface area contributed by atoms with E-state index in [-0.39, 0.29) is 5.91 Å². The molecule has 0 aliphatic carbocycles. The zero-order chi connectivity index (χ0) is 21.4. The zero-order valence-corrected chi connectivity index (χ0v) is 18.3. The molecule has 160 valence electrons. The van der Waals surface area contributed by atoms with Crippen LogP contribution in [0, 0.1) is 0 Å². The number of carbonyl (C=O) groups is 1. The van der Waals surface area contributed by atoms with Crippen molar-refractivity contribution in [3.05, 3.63) is 28.3 Å². The first-order valence-electron chi connectivity index (χ1n) is 9.78. The van der Waals surface area contributed by atoms with Gasteiger partial charge < -0.3 is 20.2 Å². The van der Waals surface area contributed by atoms with Crippen LogP contribution in [0.4, 0.5) is 0 Å². The number of nitrogens with zero attached hydrogens (tertiary/aromatic N) is 2. The molecular formula is C20H30N4O4S. The van der Waals surface area contributed by atoms with Crippen molar-refractivity contribution in [3.63, 3.8) is 0 Å². The van der Waals surface area contributed by atoms with Crippen LogP contribution in [0.2, 0.25) is 0 Å². The maximum Gasteiger partial charge on any atom is 0.339 e. The number of carbonyl (C=O) groups excluding carboxylic acids is 1. The van der Waals surface area contributed by atoms with Gasteiger partial charge in [0, 0.05) is 18.9 Å². The molecule has 0 saturated heterocycles. The summed E-state index contributed by atoms with van der Waals surface area (Å²) in [6.07, 6.45) is 2.10. The van der Waals surface area contributed by atoms with Gasteiger partial charge in [-0.15, -0.1) is 11.8 Å². The molecule has 1 aromatic heterocycles. The van der Waals surface area contributed by atoms with Crippen molar-refractivity contribution in [1.82, 2.24) is 5.32 Å². The lowest BCUT2D eigenvalue weighted by Crippen LogP contribution is -2.45. The minimum absolute atomic E-state index is 0.209. The van der Waals surface area contributed by atoms with Crippen LogP contribution in [0.3, 0.4) is 0 Å². The van der Waals surface area contributed by atoms with Gasteiger partial charge >= 0.3 is 5.63 Å². The van der Waals surface area contributed by atoms with Crippen LogP contribution in [-0.2, 0) is 4.79 Å². The summed E-state index contributed by atoms with van der Waals surface area (Å²) >= 11 is 1.52. The molecule has 2 atom stereocenters. The Morgan fingerprint density at radius 3 is 2.93 bits per heavy atom. The minimum Gasteiger partial charge on any atom is -0.493 e. The van der Waals surface area contributed by atoms with Crippen LogP contribution >= 0.6 is 11.8 Å². The van der Waals surface area contributed by atoms with Crippen LogP contribution in [-0.4, -0.2) is 48.2 Å². The fourth-order valence-corrected chi connectivity index (χ4v) is 3.96. The Morgan fingerprint density at radius 1 is 1.52 bits per heavy atom. The summed E-state index contributed by atoms with van der Waals surface area (Å²) in [5, 5.41) is 3.79. The van der Waals surface area contributed by atoms with Crippen molar-refractivity contribution in [2.24, 2.45) is 15.7 Å². The number of thioether (sulfide) groups is 1. The van der Waals surface area contributed by atoms with Crippen molar-refractivity contribution in [1.29, 1.82) is 0 Å². The molecule has 3 N–H and O–H groups in total. The van der Waals surface area contributed by atoms with Crippen LogP contribution < -0.4 is 21.4 Å². The lowest BCUT2D eigenvalue weighted by Gasteiger charge is -2.24. The highest BCUT2D eigenvalue weighted by molar-refractivity contribution is 8.16. The Kier molecular flexibility index (Phi) is 8.45. The van der Waals surface area contributed by atoms with E-state index < -0.39 is 17.2 Å². The smallest absolute Gasteiger partial charge is 0.339 e. The van der Waals surface area contributed by atoms with Crippen LogP contribution in [0.15, 0.2) is 31.3 Å². The van der Waals surface area contributed by atoms with E-state index in [1.54, 1.807) is 20.0 Å². The predicted molar refractivity (Wildman–Crippen MR) is 117 cm³/mol. The number of hydrogen-bond acceptors (Lipinski definition) is 8. The monoisotopic (exact) mass is 422 g/mol. The lowest BCUT2D eigenvalue weighted by molar-refractivity contribution is -0.125. The second-order valence-electron chi connectivity index (χ2n) is 7.11. The molecule has 0 saturated carbocycles. The number of amides is 1. The van der Waals surface area contributed by atoms with Crippen molar-refractivity contribution < 1.29 is 13.9 Å². The number of ether oxygens (including phenoxy) is 1. The topological polar surface area (TPSA) is 119 Å². The summed E-state index contributed by atoms with van der Waals surface area (Å²) < 4.78 is 11.0. The highest BCUT2D eigenvalue weighted by Gasteiger charge is 2.39. The largest absolute Gasteiger partial charge is 0.493 e. The summed E-state index contributed by atoms with van der Waals surface area (Å²) in [5.41, 5.74) is 4.88. The number of hydrogen-bond donors (Lipinski definition) is 2. The average molecular weight is 423 g/mol. The van der Waals surface area contributed by atoms with Gasteiger partial charge in [-0.25, -0.2) is 4.79 Å². The molecule has 0 spiro atoms. The van der Waals surface area contributed by atoms with E-state index in [0.29, 0.717) is 43.3 Å². The first-order chi connectivity index (χ1) is 13.8. The van der Waals surface area contributed by atoms with Crippen molar-refractivity contribution in [3.8, 4) is 5.75 Å². The molecule has 1 aliphatic heterocycles. The molecule has 0 radical (unpaired) electrons. The van der Waals surface area contributed by atoms with E-state index >= 15 is 0 Å². The molecule has 0 bridgehead atoms. The Balaban J connectivity index is 2.21. The molecule has 0 unspecified atom stereocenters. The number of nitrogens with two attached hydrogens (primary N) is 1. The fourth-order valence-electron chi connectivity index (χ4n) is 2.78. The summed E-state index contributed by atoms with van der Waals surface area (Å²) in [6.45, 7) is 6.60. The van der Waals surface area contributed by atoms with Crippen molar-refractivity contribution in [2.75, 3.05) is 26.0 Å². The van der Waals surface area contributed by atoms with Gasteiger partial charge in [0.25, 0.3) is 0 Å². The third-order valence-electron chi connectivity index (χ3n) is 4.58. The summed E-state index contributed by atoms with van der Waals surface area (Å²) in [7, 11) is 1.70. The van der Waals surface area contributed by atoms with Gasteiger partial charge in [0.1, 0.15) is 22.1 Å². The Morgan fingerprint density at radius 2 is 2.28 bits per heavy atom. The summed E-state index contributed by atoms with van der Waals surface area (Å²) in [4.78, 5) is 33.7. The predicted octanol–water partition coefficient (Wildman–Crippen LogP) is 2.32. The number of nitrogens with one attached hydrogen (secondary N) is 1. The highest BCUT2D eigenvalue weighted by Crippen LogP contribution is 2.30. The van der Waals surface area contributed by atoms with Gasteiger partial charge in [-0.05, 0) is 33.2 Å². The molecule has 2 heterocycles. The van der Waals surface area contributed by atoms with Crippen LogP contribution in [0.5, 0.6) is 5.75 Å². The molecule has 1 aliphatic rings. The first kappa shape index (κ1) is 23.2.